The number of halogens is 1. The van der Waals surface area contributed by atoms with E-state index in [9.17, 15) is 9.59 Å². The molecule has 0 saturated heterocycles. The second-order valence-electron chi connectivity index (χ2n) is 3.38. The van der Waals surface area contributed by atoms with Crippen LogP contribution in [-0.4, -0.2) is 17.2 Å². The number of carbonyl (C=O) groups excluding carboxylic acids is 2. The van der Waals surface area contributed by atoms with E-state index >= 15 is 0 Å². The van der Waals surface area contributed by atoms with E-state index in [2.05, 4.69) is 26.2 Å². The highest BCUT2D eigenvalue weighted by Crippen LogP contribution is 2.21. The topological polar surface area (TPSA) is 62.0 Å². The molecule has 0 unspecified atom stereocenters. The van der Waals surface area contributed by atoms with Crippen molar-refractivity contribution in [2.24, 2.45) is 0 Å². The minimum Gasteiger partial charge on any atom is -0.348 e. The molecule has 1 heterocycles. The lowest BCUT2D eigenvalue weighted by atomic mass is 10.3. The van der Waals surface area contributed by atoms with Gasteiger partial charge in [-0.15, -0.1) is 0 Å². The van der Waals surface area contributed by atoms with Gasteiger partial charge in [-0.3, -0.25) is 9.59 Å². The molecule has 5 heteroatoms. The first-order chi connectivity index (χ1) is 8.20. The average molecular weight is 293 g/mol. The summed E-state index contributed by atoms with van der Waals surface area (Å²) in [5, 5.41) is 2.73. The first-order valence-electron chi connectivity index (χ1n) is 4.91. The second kappa shape index (κ2) is 4.97. The van der Waals surface area contributed by atoms with Gasteiger partial charge in [-0.25, -0.2) is 0 Å². The third-order valence-corrected chi connectivity index (χ3v) is 2.89. The van der Waals surface area contributed by atoms with Crippen LogP contribution in [0.4, 0.5) is 5.69 Å². The Balaban J connectivity index is 2.17. The lowest BCUT2D eigenvalue weighted by molar-refractivity contribution is 0.102. The van der Waals surface area contributed by atoms with Gasteiger partial charge in [0.15, 0.2) is 6.29 Å². The minimum absolute atomic E-state index is 0.287. The summed E-state index contributed by atoms with van der Waals surface area (Å²) in [6.07, 6.45) is 0.662. The molecule has 0 atom stereocenters. The molecule has 0 radical (unpaired) electrons. The number of benzene rings is 1. The van der Waals surface area contributed by atoms with Crippen molar-refractivity contribution in [1.29, 1.82) is 0 Å². The van der Waals surface area contributed by atoms with Crippen LogP contribution in [0.3, 0.4) is 0 Å². The largest absolute Gasteiger partial charge is 0.348 e. The summed E-state index contributed by atoms with van der Waals surface area (Å²) in [5.74, 6) is -0.287. The van der Waals surface area contributed by atoms with Crippen molar-refractivity contribution in [1.82, 2.24) is 4.98 Å². The van der Waals surface area contributed by atoms with Crippen LogP contribution in [0.25, 0.3) is 0 Å². The Labute approximate surface area is 106 Å². The third-order valence-electron chi connectivity index (χ3n) is 2.20. The standard InChI is InChI=1S/C12H9BrN2O2/c13-9-3-1-2-4-10(9)15-12(17)11-6-5-8(7-16)14-11/h1-7,14H,(H,15,17). The summed E-state index contributed by atoms with van der Waals surface area (Å²) in [4.78, 5) is 25.0. The first kappa shape index (κ1) is 11.6. The maximum Gasteiger partial charge on any atom is 0.272 e. The number of aldehydes is 1. The van der Waals surface area contributed by atoms with Gasteiger partial charge in [0.25, 0.3) is 5.91 Å². The van der Waals surface area contributed by atoms with Gasteiger partial charge in [-0.05, 0) is 40.2 Å². The molecule has 2 rings (SSSR count). The lowest BCUT2D eigenvalue weighted by Crippen LogP contribution is -2.12. The van der Waals surface area contributed by atoms with E-state index in [0.29, 0.717) is 23.4 Å². The third kappa shape index (κ3) is 2.62. The maximum absolute atomic E-state index is 11.8. The van der Waals surface area contributed by atoms with Crippen LogP contribution >= 0.6 is 15.9 Å². The van der Waals surface area contributed by atoms with Crippen LogP contribution in [0, 0.1) is 0 Å². The van der Waals surface area contributed by atoms with Gasteiger partial charge in [0.05, 0.1) is 11.4 Å². The molecule has 86 valence electrons. The van der Waals surface area contributed by atoms with Crippen molar-refractivity contribution in [3.05, 3.63) is 52.3 Å². The molecule has 0 spiro atoms. The van der Waals surface area contributed by atoms with Gasteiger partial charge in [0.2, 0.25) is 0 Å². The zero-order valence-corrected chi connectivity index (χ0v) is 10.3. The zero-order valence-electron chi connectivity index (χ0n) is 8.74. The van der Waals surface area contributed by atoms with Crippen molar-refractivity contribution in [2.75, 3.05) is 5.32 Å². The molecule has 0 aliphatic rings. The number of anilines is 1. The predicted octanol–water partition coefficient (Wildman–Crippen LogP) is 2.84. The van der Waals surface area contributed by atoms with Crippen LogP contribution in [0.15, 0.2) is 40.9 Å². The van der Waals surface area contributed by atoms with Crippen LogP contribution in [0.2, 0.25) is 0 Å². The molecule has 2 aromatic rings. The Morgan fingerprint density at radius 2 is 2.00 bits per heavy atom. The molecular formula is C12H9BrN2O2. The van der Waals surface area contributed by atoms with Gasteiger partial charge < -0.3 is 10.3 Å². The number of hydrogen-bond donors (Lipinski definition) is 2. The normalized spacial score (nSPS) is 9.94. The molecule has 1 aromatic heterocycles. The highest BCUT2D eigenvalue weighted by Gasteiger charge is 2.09. The molecular weight excluding hydrogens is 284 g/mol. The van der Waals surface area contributed by atoms with Crippen LogP contribution in [-0.2, 0) is 0 Å². The van der Waals surface area contributed by atoms with Crippen LogP contribution < -0.4 is 5.32 Å². The van der Waals surface area contributed by atoms with Gasteiger partial charge in [-0.2, -0.15) is 0 Å². The molecule has 0 aliphatic heterocycles. The number of rotatable bonds is 3. The number of para-hydroxylation sites is 1. The summed E-state index contributed by atoms with van der Waals surface area (Å²) in [6, 6.07) is 10.4. The van der Waals surface area contributed by atoms with E-state index in [4.69, 9.17) is 0 Å². The monoisotopic (exact) mass is 292 g/mol. The van der Waals surface area contributed by atoms with E-state index < -0.39 is 0 Å². The average Bonchev–Trinajstić information content (AvgIpc) is 2.81. The highest BCUT2D eigenvalue weighted by molar-refractivity contribution is 9.10. The Morgan fingerprint density at radius 1 is 1.24 bits per heavy atom. The number of aromatic nitrogens is 1. The Hall–Kier alpha value is -1.88. The maximum atomic E-state index is 11.8. The number of carbonyl (C=O) groups is 2. The fourth-order valence-electron chi connectivity index (χ4n) is 1.37. The van der Waals surface area contributed by atoms with E-state index in [0.717, 1.165) is 4.47 Å². The molecule has 1 aromatic carbocycles. The lowest BCUT2D eigenvalue weighted by Gasteiger charge is -2.05. The minimum atomic E-state index is -0.287. The molecule has 4 nitrogen and oxygen atoms in total. The predicted molar refractivity (Wildman–Crippen MR) is 68.3 cm³/mol. The summed E-state index contributed by atoms with van der Waals surface area (Å²) in [7, 11) is 0. The smallest absolute Gasteiger partial charge is 0.272 e. The van der Waals surface area contributed by atoms with Gasteiger partial charge in [0, 0.05) is 4.47 Å². The summed E-state index contributed by atoms with van der Waals surface area (Å²) in [5.41, 5.74) is 1.41. The second-order valence-corrected chi connectivity index (χ2v) is 4.23. The fourth-order valence-corrected chi connectivity index (χ4v) is 1.75. The van der Waals surface area contributed by atoms with Gasteiger partial charge in [0.1, 0.15) is 5.69 Å². The zero-order chi connectivity index (χ0) is 12.3. The van der Waals surface area contributed by atoms with Crippen LogP contribution in [0.1, 0.15) is 21.0 Å². The fraction of sp³-hybridized carbons (Fsp3) is 0. The number of aromatic amines is 1. The van der Waals surface area contributed by atoms with E-state index in [1.54, 1.807) is 18.2 Å². The molecule has 0 saturated carbocycles. The summed E-state index contributed by atoms with van der Waals surface area (Å²) < 4.78 is 0.801. The SMILES string of the molecule is O=Cc1ccc(C(=O)Nc2ccccc2Br)[nH]1. The van der Waals surface area contributed by atoms with Gasteiger partial charge >= 0.3 is 0 Å². The number of amides is 1. The number of H-pyrrole nitrogens is 1. The molecule has 0 aliphatic carbocycles. The summed E-state index contributed by atoms with van der Waals surface area (Å²) >= 11 is 3.34. The Morgan fingerprint density at radius 3 is 2.65 bits per heavy atom. The molecule has 17 heavy (non-hydrogen) atoms. The van der Waals surface area contributed by atoms with Gasteiger partial charge in [-0.1, -0.05) is 12.1 Å². The Kier molecular flexibility index (Phi) is 3.39. The number of nitrogens with one attached hydrogen (secondary N) is 2. The highest BCUT2D eigenvalue weighted by atomic mass is 79.9. The molecule has 0 fully saturated rings. The molecule has 0 bridgehead atoms. The summed E-state index contributed by atoms with van der Waals surface area (Å²) in [6.45, 7) is 0. The number of hydrogen-bond acceptors (Lipinski definition) is 2. The van der Waals surface area contributed by atoms with Crippen molar-refractivity contribution in [3.8, 4) is 0 Å². The van der Waals surface area contributed by atoms with Crippen LogP contribution in [0.5, 0.6) is 0 Å². The van der Waals surface area contributed by atoms with Crippen molar-refractivity contribution >= 4 is 33.8 Å². The molecule has 2 N–H and O–H groups in total. The van der Waals surface area contributed by atoms with E-state index in [-0.39, 0.29) is 5.91 Å². The quantitative estimate of drug-likeness (QED) is 0.855. The Bertz CT molecular complexity index is 563. The van der Waals surface area contributed by atoms with Crippen molar-refractivity contribution in [2.45, 2.75) is 0 Å². The first-order valence-corrected chi connectivity index (χ1v) is 5.70. The van der Waals surface area contributed by atoms with E-state index in [1.165, 1.54) is 0 Å². The van der Waals surface area contributed by atoms with Crippen molar-refractivity contribution in [3.63, 3.8) is 0 Å². The van der Waals surface area contributed by atoms with Crippen molar-refractivity contribution < 1.29 is 9.59 Å². The molecule has 1 amide bonds. The van der Waals surface area contributed by atoms with E-state index in [1.807, 2.05) is 18.2 Å².